The average molecular weight is 602 g/mol. The maximum atomic E-state index is 4.94. The molecule has 0 aliphatic rings. The monoisotopic (exact) mass is 601 g/mol. The van der Waals surface area contributed by atoms with Crippen LogP contribution in [0, 0.1) is 0 Å². The first-order chi connectivity index (χ1) is 21.4. The molecule has 232 valence electrons. The van der Waals surface area contributed by atoms with Crippen molar-refractivity contribution in [2.45, 2.75) is 98.8 Å². The second-order valence-corrected chi connectivity index (χ2v) is 13.0. The average Bonchev–Trinajstić information content (AvgIpc) is 3.04. The van der Waals surface area contributed by atoms with Gasteiger partial charge in [0.15, 0.2) is 23.3 Å². The quantitative estimate of drug-likeness (QED) is 0.164. The summed E-state index contributed by atoms with van der Waals surface area (Å²) in [6, 6.07) is 16.2. The molecule has 0 spiro atoms. The lowest BCUT2D eigenvalue weighted by Gasteiger charge is -2.13. The molecule has 3 aromatic heterocycles. The highest BCUT2D eigenvalue weighted by molar-refractivity contribution is 5.68. The molecule has 0 fully saturated rings. The number of rotatable bonds is 9. The van der Waals surface area contributed by atoms with Gasteiger partial charge in [0.1, 0.15) is 29.1 Å². The Balaban J connectivity index is 1.54. The third-order valence-corrected chi connectivity index (χ3v) is 7.35. The highest BCUT2D eigenvalue weighted by Crippen LogP contribution is 2.29. The molecule has 0 aliphatic heterocycles. The number of aromatic nitrogens is 9. The Bertz CT molecular complexity index is 1740. The number of benzene rings is 2. The van der Waals surface area contributed by atoms with Crippen LogP contribution in [0.1, 0.15) is 128 Å². The van der Waals surface area contributed by atoms with E-state index in [-0.39, 0.29) is 29.6 Å². The maximum absolute atomic E-state index is 4.94. The molecule has 0 amide bonds. The Morgan fingerprint density at radius 2 is 0.578 bits per heavy atom. The van der Waals surface area contributed by atoms with Crippen molar-refractivity contribution in [3.05, 3.63) is 77.7 Å². The summed E-state index contributed by atoms with van der Waals surface area (Å²) < 4.78 is 0. The molecular weight excluding hydrogens is 558 g/mol. The molecule has 9 nitrogen and oxygen atoms in total. The summed E-state index contributed by atoms with van der Waals surface area (Å²) in [5, 5.41) is 0. The highest BCUT2D eigenvalue weighted by Gasteiger charge is 2.18. The fraction of sp³-hybridized carbons (Fsp3) is 0.417. The van der Waals surface area contributed by atoms with E-state index in [1.807, 2.05) is 42.5 Å². The first kappa shape index (κ1) is 31.9. The van der Waals surface area contributed by atoms with Crippen LogP contribution in [0.2, 0.25) is 0 Å². The second-order valence-electron chi connectivity index (χ2n) is 13.0. The van der Waals surface area contributed by atoms with E-state index in [2.05, 4.69) is 80.3 Å². The smallest absolute Gasteiger partial charge is 0.163 e. The fourth-order valence-electron chi connectivity index (χ4n) is 4.58. The van der Waals surface area contributed by atoms with Gasteiger partial charge >= 0.3 is 0 Å². The van der Waals surface area contributed by atoms with Gasteiger partial charge < -0.3 is 0 Å². The summed E-state index contributed by atoms with van der Waals surface area (Å²) in [7, 11) is 0. The predicted octanol–water partition coefficient (Wildman–Crippen LogP) is 8.53. The van der Waals surface area contributed by atoms with Crippen molar-refractivity contribution in [2.75, 3.05) is 0 Å². The molecule has 0 bridgehead atoms. The summed E-state index contributed by atoms with van der Waals surface area (Å²) in [4.78, 5) is 43.2. The van der Waals surface area contributed by atoms with Crippen molar-refractivity contribution < 1.29 is 0 Å². The van der Waals surface area contributed by atoms with Crippen molar-refractivity contribution in [3.8, 4) is 45.6 Å². The van der Waals surface area contributed by atoms with Gasteiger partial charge in [0.2, 0.25) is 0 Å². The van der Waals surface area contributed by atoms with Crippen LogP contribution in [0.5, 0.6) is 0 Å². The third kappa shape index (κ3) is 7.24. The topological polar surface area (TPSA) is 116 Å². The van der Waals surface area contributed by atoms with Crippen LogP contribution in [0.15, 0.2) is 48.5 Å². The van der Waals surface area contributed by atoms with Crippen LogP contribution in [-0.2, 0) is 0 Å². The van der Waals surface area contributed by atoms with E-state index in [1.165, 1.54) is 0 Å². The maximum Gasteiger partial charge on any atom is 0.163 e. The summed E-state index contributed by atoms with van der Waals surface area (Å²) >= 11 is 0. The van der Waals surface area contributed by atoms with Crippen molar-refractivity contribution in [1.29, 1.82) is 0 Å². The zero-order chi connectivity index (χ0) is 32.4. The van der Waals surface area contributed by atoms with E-state index in [0.29, 0.717) is 23.3 Å². The molecular formula is C36H43N9. The minimum atomic E-state index is 0.118. The molecule has 45 heavy (non-hydrogen) atoms. The number of hydrogen-bond donors (Lipinski definition) is 0. The van der Waals surface area contributed by atoms with Crippen molar-refractivity contribution in [1.82, 2.24) is 44.9 Å². The van der Waals surface area contributed by atoms with Gasteiger partial charge in [-0.25, -0.2) is 44.9 Å². The normalized spacial score (nSPS) is 11.9. The van der Waals surface area contributed by atoms with Crippen molar-refractivity contribution in [2.24, 2.45) is 0 Å². The van der Waals surface area contributed by atoms with Gasteiger partial charge in [-0.15, -0.1) is 0 Å². The lowest BCUT2D eigenvalue weighted by Crippen LogP contribution is -2.08. The second kappa shape index (κ2) is 13.2. The molecule has 2 aromatic carbocycles. The number of nitrogens with zero attached hydrogens (tertiary/aromatic N) is 9. The van der Waals surface area contributed by atoms with Crippen molar-refractivity contribution >= 4 is 0 Å². The Kier molecular flexibility index (Phi) is 9.37. The fourth-order valence-corrected chi connectivity index (χ4v) is 4.58. The van der Waals surface area contributed by atoms with E-state index >= 15 is 0 Å². The van der Waals surface area contributed by atoms with Gasteiger partial charge in [0.05, 0.1) is 0 Å². The van der Waals surface area contributed by atoms with Crippen molar-refractivity contribution in [3.63, 3.8) is 0 Å². The van der Waals surface area contributed by atoms with Gasteiger partial charge in [0, 0.05) is 51.8 Å². The molecule has 0 saturated heterocycles. The van der Waals surface area contributed by atoms with Gasteiger partial charge in [-0.05, 0) is 6.07 Å². The van der Waals surface area contributed by atoms with Gasteiger partial charge in [-0.1, -0.05) is 112 Å². The zero-order valence-electron chi connectivity index (χ0n) is 28.0. The molecule has 0 atom stereocenters. The molecule has 0 aliphatic carbocycles. The van der Waals surface area contributed by atoms with E-state index in [0.717, 1.165) is 51.4 Å². The summed E-state index contributed by atoms with van der Waals surface area (Å²) in [5.74, 6) is 7.41. The Morgan fingerprint density at radius 1 is 0.311 bits per heavy atom. The summed E-state index contributed by atoms with van der Waals surface area (Å²) in [6.07, 6.45) is 0. The van der Waals surface area contributed by atoms with E-state index in [9.17, 15) is 0 Å². The first-order valence-electron chi connectivity index (χ1n) is 15.9. The molecule has 0 saturated carbocycles. The molecule has 5 aromatic rings. The lowest BCUT2D eigenvalue weighted by atomic mass is 10.1. The molecule has 0 N–H and O–H groups in total. The van der Waals surface area contributed by atoms with E-state index < -0.39 is 0 Å². The molecule has 9 heteroatoms. The minimum Gasteiger partial charge on any atom is -0.217 e. The first-order valence-corrected chi connectivity index (χ1v) is 15.9. The molecule has 3 heterocycles. The molecule has 0 radical (unpaired) electrons. The predicted molar refractivity (Wildman–Crippen MR) is 179 cm³/mol. The highest BCUT2D eigenvalue weighted by atomic mass is 15.1. The van der Waals surface area contributed by atoms with Gasteiger partial charge in [-0.2, -0.15) is 0 Å². The number of hydrogen-bond acceptors (Lipinski definition) is 9. The summed E-state index contributed by atoms with van der Waals surface area (Å²) in [6.45, 7) is 21.0. The lowest BCUT2D eigenvalue weighted by molar-refractivity contribution is 0.697. The van der Waals surface area contributed by atoms with Gasteiger partial charge in [0.25, 0.3) is 0 Å². The third-order valence-electron chi connectivity index (χ3n) is 7.35. The Labute approximate surface area is 266 Å². The van der Waals surface area contributed by atoms with Crippen LogP contribution >= 0.6 is 0 Å². The van der Waals surface area contributed by atoms with E-state index in [1.54, 1.807) is 0 Å². The van der Waals surface area contributed by atoms with E-state index in [4.69, 9.17) is 39.9 Å². The molecule has 5 rings (SSSR count). The zero-order valence-corrected chi connectivity index (χ0v) is 28.0. The SMILES string of the molecule is CC(C)c1nc(-c2ccc(-c3nc(C(C)C)nc(C(C)C)n3)cc2)nc(-c2cccc(-c3nc(C(C)C)nc(C(C)C)n3)c2)n1. The van der Waals surface area contributed by atoms with Crippen LogP contribution in [0.3, 0.4) is 0 Å². The van der Waals surface area contributed by atoms with Crippen LogP contribution < -0.4 is 0 Å². The summed E-state index contributed by atoms with van der Waals surface area (Å²) in [5.41, 5.74) is 3.59. The van der Waals surface area contributed by atoms with Crippen LogP contribution in [0.4, 0.5) is 0 Å². The van der Waals surface area contributed by atoms with Crippen LogP contribution in [-0.4, -0.2) is 44.9 Å². The molecule has 0 unspecified atom stereocenters. The Hall–Kier alpha value is -4.53. The van der Waals surface area contributed by atoms with Gasteiger partial charge in [-0.3, -0.25) is 0 Å². The van der Waals surface area contributed by atoms with Crippen LogP contribution in [0.25, 0.3) is 45.6 Å². The standard InChI is InChI=1S/C36H43N9/c1-19(2)28-37-29(20(3)4)40-33(39-28)24-14-16-25(17-15-24)34-41-32(23(9)10)44-36(45-34)27-13-11-12-26(18-27)35-42-30(21(5)6)38-31(43-35)22(7)8/h11-23H,1-10H3. The minimum absolute atomic E-state index is 0.118. The largest absolute Gasteiger partial charge is 0.217 e. The Morgan fingerprint density at radius 3 is 0.911 bits per heavy atom.